The average molecular weight is 301 g/mol. The van der Waals surface area contributed by atoms with Gasteiger partial charge in [0.1, 0.15) is 12.4 Å². The highest BCUT2D eigenvalue weighted by atomic mass is 32.2. The van der Waals surface area contributed by atoms with Crippen LogP contribution in [0.5, 0.6) is 0 Å². The van der Waals surface area contributed by atoms with Crippen molar-refractivity contribution in [3.8, 4) is 0 Å². The van der Waals surface area contributed by atoms with Crippen molar-refractivity contribution in [1.29, 1.82) is 0 Å². The van der Waals surface area contributed by atoms with Crippen LogP contribution in [-0.4, -0.2) is 42.9 Å². The molecule has 0 aliphatic carbocycles. The SMILES string of the molecule is CSCCCCCCNCC(O)COCc1ccco1. The summed E-state index contributed by atoms with van der Waals surface area (Å²) in [6.45, 7) is 2.30. The van der Waals surface area contributed by atoms with Crippen LogP contribution in [0.1, 0.15) is 31.4 Å². The summed E-state index contributed by atoms with van der Waals surface area (Å²) in [5, 5.41) is 13.0. The topological polar surface area (TPSA) is 54.6 Å². The van der Waals surface area contributed by atoms with E-state index in [1.807, 2.05) is 23.9 Å². The van der Waals surface area contributed by atoms with Crippen molar-refractivity contribution in [2.75, 3.05) is 31.7 Å². The number of thioether (sulfide) groups is 1. The lowest BCUT2D eigenvalue weighted by atomic mass is 10.2. The highest BCUT2D eigenvalue weighted by Crippen LogP contribution is 2.04. The third kappa shape index (κ3) is 9.42. The van der Waals surface area contributed by atoms with Crippen molar-refractivity contribution < 1.29 is 14.3 Å². The third-order valence-electron chi connectivity index (χ3n) is 2.97. The van der Waals surface area contributed by atoms with Gasteiger partial charge in [-0.15, -0.1) is 0 Å². The van der Waals surface area contributed by atoms with E-state index < -0.39 is 6.10 Å². The second-order valence-corrected chi connectivity index (χ2v) is 5.85. The predicted molar refractivity (Wildman–Crippen MR) is 84.1 cm³/mol. The zero-order valence-electron chi connectivity index (χ0n) is 12.3. The zero-order valence-corrected chi connectivity index (χ0v) is 13.2. The van der Waals surface area contributed by atoms with Gasteiger partial charge in [-0.05, 0) is 43.5 Å². The van der Waals surface area contributed by atoms with Crippen LogP contribution in [0, 0.1) is 0 Å². The van der Waals surface area contributed by atoms with Gasteiger partial charge in [0.15, 0.2) is 0 Å². The fourth-order valence-electron chi connectivity index (χ4n) is 1.87. The van der Waals surface area contributed by atoms with Crippen molar-refractivity contribution in [2.24, 2.45) is 0 Å². The Balaban J connectivity index is 1.84. The maximum Gasteiger partial charge on any atom is 0.129 e. The number of ether oxygens (including phenoxy) is 1. The summed E-state index contributed by atoms with van der Waals surface area (Å²) in [5.74, 6) is 2.05. The maximum absolute atomic E-state index is 9.73. The highest BCUT2D eigenvalue weighted by Gasteiger charge is 2.04. The zero-order chi connectivity index (χ0) is 14.5. The molecule has 1 heterocycles. The minimum absolute atomic E-state index is 0.335. The summed E-state index contributed by atoms with van der Waals surface area (Å²) >= 11 is 1.91. The molecule has 1 aromatic heterocycles. The highest BCUT2D eigenvalue weighted by molar-refractivity contribution is 7.98. The number of rotatable bonds is 13. The normalized spacial score (nSPS) is 12.7. The molecule has 0 radical (unpaired) electrons. The fourth-order valence-corrected chi connectivity index (χ4v) is 2.36. The molecule has 0 aliphatic heterocycles. The van der Waals surface area contributed by atoms with Crippen molar-refractivity contribution in [3.05, 3.63) is 24.2 Å². The Morgan fingerprint density at radius 1 is 1.35 bits per heavy atom. The van der Waals surface area contributed by atoms with Gasteiger partial charge >= 0.3 is 0 Å². The second kappa shape index (κ2) is 12.3. The first-order chi connectivity index (χ1) is 9.83. The smallest absolute Gasteiger partial charge is 0.129 e. The van der Waals surface area contributed by atoms with E-state index in [1.54, 1.807) is 6.26 Å². The van der Waals surface area contributed by atoms with Gasteiger partial charge in [0.25, 0.3) is 0 Å². The van der Waals surface area contributed by atoms with Crippen LogP contribution in [0.2, 0.25) is 0 Å². The molecule has 0 spiro atoms. The van der Waals surface area contributed by atoms with Crippen LogP contribution in [0.3, 0.4) is 0 Å². The Labute approximate surface area is 126 Å². The molecule has 1 aromatic rings. The van der Waals surface area contributed by atoms with Gasteiger partial charge in [-0.3, -0.25) is 0 Å². The lowest BCUT2D eigenvalue weighted by molar-refractivity contribution is 0.0227. The summed E-state index contributed by atoms with van der Waals surface area (Å²) in [7, 11) is 0. The van der Waals surface area contributed by atoms with Crippen LogP contribution < -0.4 is 5.32 Å². The molecule has 0 fully saturated rings. The fraction of sp³-hybridized carbons (Fsp3) is 0.733. The van der Waals surface area contributed by atoms with Crippen molar-refractivity contribution in [1.82, 2.24) is 5.32 Å². The standard InChI is InChI=1S/C15H27NO3S/c1-20-10-5-3-2-4-8-16-11-14(17)12-18-13-15-7-6-9-19-15/h6-7,9,14,16-17H,2-5,8,10-13H2,1H3. The van der Waals surface area contributed by atoms with E-state index in [-0.39, 0.29) is 0 Å². The quantitative estimate of drug-likeness (QED) is 0.549. The summed E-state index contributed by atoms with van der Waals surface area (Å²) in [4.78, 5) is 0. The number of aliphatic hydroxyl groups is 1. The molecule has 1 rings (SSSR count). The third-order valence-corrected chi connectivity index (χ3v) is 3.66. The second-order valence-electron chi connectivity index (χ2n) is 4.86. The number of nitrogens with one attached hydrogen (secondary N) is 1. The van der Waals surface area contributed by atoms with Gasteiger partial charge in [-0.2, -0.15) is 11.8 Å². The molecule has 0 aromatic carbocycles. The first-order valence-electron chi connectivity index (χ1n) is 7.30. The predicted octanol–water partition coefficient (Wildman–Crippen LogP) is 2.67. The Kier molecular flexibility index (Phi) is 10.8. The Morgan fingerprint density at radius 3 is 2.95 bits per heavy atom. The van der Waals surface area contributed by atoms with Crippen molar-refractivity contribution >= 4 is 11.8 Å². The van der Waals surface area contributed by atoms with E-state index in [1.165, 1.54) is 31.4 Å². The minimum atomic E-state index is -0.457. The Bertz CT molecular complexity index is 306. The Hall–Kier alpha value is -0.490. The monoisotopic (exact) mass is 301 g/mol. The number of aliphatic hydroxyl groups excluding tert-OH is 1. The molecule has 0 aliphatic rings. The van der Waals surface area contributed by atoms with E-state index in [2.05, 4.69) is 11.6 Å². The van der Waals surface area contributed by atoms with Crippen molar-refractivity contribution in [2.45, 2.75) is 38.4 Å². The molecule has 0 amide bonds. The largest absolute Gasteiger partial charge is 0.467 e. The molecule has 116 valence electrons. The van der Waals surface area contributed by atoms with Gasteiger partial charge in [-0.1, -0.05) is 12.8 Å². The molecular formula is C15H27NO3S. The van der Waals surface area contributed by atoms with Crippen LogP contribution in [0.25, 0.3) is 0 Å². The summed E-state index contributed by atoms with van der Waals surface area (Å²) < 4.78 is 10.5. The van der Waals surface area contributed by atoms with E-state index in [0.29, 0.717) is 19.8 Å². The van der Waals surface area contributed by atoms with E-state index in [9.17, 15) is 5.11 Å². The van der Waals surface area contributed by atoms with Gasteiger partial charge in [-0.25, -0.2) is 0 Å². The first-order valence-corrected chi connectivity index (χ1v) is 8.70. The molecule has 2 N–H and O–H groups in total. The number of furan rings is 1. The molecule has 0 saturated heterocycles. The van der Waals surface area contributed by atoms with Gasteiger partial charge in [0.2, 0.25) is 0 Å². The van der Waals surface area contributed by atoms with E-state index in [4.69, 9.17) is 9.15 Å². The summed E-state index contributed by atoms with van der Waals surface area (Å²) in [6, 6.07) is 3.69. The lowest BCUT2D eigenvalue weighted by Crippen LogP contribution is -2.30. The van der Waals surface area contributed by atoms with Crippen LogP contribution in [-0.2, 0) is 11.3 Å². The molecule has 1 unspecified atom stereocenters. The molecule has 4 nitrogen and oxygen atoms in total. The van der Waals surface area contributed by atoms with Gasteiger partial charge in [0.05, 0.1) is 19.0 Å². The first kappa shape index (κ1) is 17.6. The van der Waals surface area contributed by atoms with Gasteiger partial charge in [0, 0.05) is 6.54 Å². The number of unbranched alkanes of at least 4 members (excludes halogenated alkanes) is 3. The Morgan fingerprint density at radius 2 is 2.20 bits per heavy atom. The minimum Gasteiger partial charge on any atom is -0.467 e. The van der Waals surface area contributed by atoms with E-state index in [0.717, 1.165) is 12.3 Å². The average Bonchev–Trinajstić information content (AvgIpc) is 2.95. The van der Waals surface area contributed by atoms with Crippen LogP contribution >= 0.6 is 11.8 Å². The molecule has 0 saturated carbocycles. The number of hydrogen-bond donors (Lipinski definition) is 2. The molecular weight excluding hydrogens is 274 g/mol. The summed E-state index contributed by atoms with van der Waals surface area (Å²) in [6.07, 6.45) is 8.36. The lowest BCUT2D eigenvalue weighted by Gasteiger charge is -2.11. The molecule has 5 heteroatoms. The molecule has 1 atom stereocenters. The molecule has 20 heavy (non-hydrogen) atoms. The van der Waals surface area contributed by atoms with Gasteiger partial charge < -0.3 is 19.6 Å². The molecule has 0 bridgehead atoms. The maximum atomic E-state index is 9.73. The van der Waals surface area contributed by atoms with E-state index >= 15 is 0 Å². The van der Waals surface area contributed by atoms with Crippen LogP contribution in [0.15, 0.2) is 22.8 Å². The summed E-state index contributed by atoms with van der Waals surface area (Å²) in [5.41, 5.74) is 0. The number of hydrogen-bond acceptors (Lipinski definition) is 5. The van der Waals surface area contributed by atoms with Crippen LogP contribution in [0.4, 0.5) is 0 Å². The van der Waals surface area contributed by atoms with Crippen molar-refractivity contribution in [3.63, 3.8) is 0 Å².